The van der Waals surface area contributed by atoms with E-state index in [1.807, 2.05) is 4.90 Å². The Labute approximate surface area is 108 Å². The topological polar surface area (TPSA) is 72.1 Å². The number of carbonyl (C=O) groups is 1. The van der Waals surface area contributed by atoms with Crippen LogP contribution in [0.15, 0.2) is 12.4 Å². The van der Waals surface area contributed by atoms with Crippen molar-refractivity contribution in [2.45, 2.75) is 46.1 Å². The third-order valence-electron chi connectivity index (χ3n) is 3.03. The Morgan fingerprint density at radius 1 is 1.39 bits per heavy atom. The average molecular weight is 250 g/mol. The van der Waals surface area contributed by atoms with Crippen molar-refractivity contribution >= 4 is 11.7 Å². The van der Waals surface area contributed by atoms with Gasteiger partial charge in [-0.2, -0.15) is 0 Å². The molecule has 0 saturated carbocycles. The van der Waals surface area contributed by atoms with Crippen LogP contribution in [-0.4, -0.2) is 33.4 Å². The van der Waals surface area contributed by atoms with Gasteiger partial charge in [0.25, 0.3) is 5.91 Å². The normalized spacial score (nSPS) is 12.2. The van der Waals surface area contributed by atoms with Gasteiger partial charge in [0.1, 0.15) is 11.5 Å². The van der Waals surface area contributed by atoms with Crippen molar-refractivity contribution in [1.82, 2.24) is 14.9 Å². The molecule has 0 bridgehead atoms. The molecule has 0 aliphatic heterocycles. The number of unbranched alkanes of at least 4 members (excludes halogenated alkanes) is 1. The number of hydrogen-bond acceptors (Lipinski definition) is 4. The standard InChI is InChI=1S/C13H22N4O/c1-4-6-7-17(10(3)5-2)13(18)11-8-16-12(14)9-15-11/h8-10H,4-7H2,1-3H3,(H2,14,16). The van der Waals surface area contributed by atoms with E-state index in [0.717, 1.165) is 25.8 Å². The van der Waals surface area contributed by atoms with Gasteiger partial charge in [-0.1, -0.05) is 20.3 Å². The maximum Gasteiger partial charge on any atom is 0.274 e. The highest BCUT2D eigenvalue weighted by atomic mass is 16.2. The molecule has 0 spiro atoms. The molecule has 5 heteroatoms. The number of nitrogen functional groups attached to an aromatic ring is 1. The van der Waals surface area contributed by atoms with E-state index >= 15 is 0 Å². The maximum absolute atomic E-state index is 12.3. The summed E-state index contributed by atoms with van der Waals surface area (Å²) in [5.74, 6) is 0.264. The van der Waals surface area contributed by atoms with Crippen molar-refractivity contribution in [2.75, 3.05) is 12.3 Å². The number of nitrogens with zero attached hydrogens (tertiary/aromatic N) is 3. The van der Waals surface area contributed by atoms with Crippen LogP contribution in [0.3, 0.4) is 0 Å². The molecule has 0 aromatic carbocycles. The first-order chi connectivity index (χ1) is 8.60. The van der Waals surface area contributed by atoms with E-state index in [4.69, 9.17) is 5.73 Å². The lowest BCUT2D eigenvalue weighted by Crippen LogP contribution is -2.39. The monoisotopic (exact) mass is 250 g/mol. The minimum absolute atomic E-state index is 0.0645. The predicted molar refractivity (Wildman–Crippen MR) is 72.1 cm³/mol. The maximum atomic E-state index is 12.3. The quantitative estimate of drug-likeness (QED) is 0.839. The second-order valence-electron chi connectivity index (χ2n) is 4.44. The van der Waals surface area contributed by atoms with E-state index in [2.05, 4.69) is 30.7 Å². The Morgan fingerprint density at radius 3 is 2.61 bits per heavy atom. The van der Waals surface area contributed by atoms with Crippen LogP contribution >= 0.6 is 0 Å². The van der Waals surface area contributed by atoms with Crippen LogP contribution in [0.2, 0.25) is 0 Å². The smallest absolute Gasteiger partial charge is 0.274 e. The molecule has 1 aromatic heterocycles. The molecule has 2 N–H and O–H groups in total. The van der Waals surface area contributed by atoms with Crippen molar-refractivity contribution in [3.63, 3.8) is 0 Å². The first-order valence-corrected chi connectivity index (χ1v) is 6.48. The van der Waals surface area contributed by atoms with Gasteiger partial charge < -0.3 is 10.6 Å². The summed E-state index contributed by atoms with van der Waals surface area (Å²) < 4.78 is 0. The summed E-state index contributed by atoms with van der Waals surface area (Å²) in [6.07, 6.45) is 5.85. The molecule has 0 fully saturated rings. The second kappa shape index (κ2) is 6.93. The Balaban J connectivity index is 2.83. The van der Waals surface area contributed by atoms with Gasteiger partial charge in [0.05, 0.1) is 12.4 Å². The summed E-state index contributed by atoms with van der Waals surface area (Å²) in [5.41, 5.74) is 5.83. The lowest BCUT2D eigenvalue weighted by Gasteiger charge is -2.28. The molecule has 100 valence electrons. The van der Waals surface area contributed by atoms with Gasteiger partial charge in [0.2, 0.25) is 0 Å². The number of carbonyl (C=O) groups excluding carboxylic acids is 1. The Kier molecular flexibility index (Phi) is 5.55. The molecule has 1 unspecified atom stereocenters. The Hall–Kier alpha value is -1.65. The molecule has 1 aromatic rings. The van der Waals surface area contributed by atoms with E-state index in [0.29, 0.717) is 11.5 Å². The summed E-state index contributed by atoms with van der Waals surface area (Å²) in [6.45, 7) is 7.00. The number of rotatable bonds is 6. The highest BCUT2D eigenvalue weighted by Crippen LogP contribution is 2.10. The summed E-state index contributed by atoms with van der Waals surface area (Å²) in [4.78, 5) is 22.2. The molecular weight excluding hydrogens is 228 g/mol. The van der Waals surface area contributed by atoms with Gasteiger partial charge in [-0.05, 0) is 19.8 Å². The summed E-state index contributed by atoms with van der Waals surface area (Å²) in [6, 6.07) is 0.211. The zero-order valence-corrected chi connectivity index (χ0v) is 11.4. The number of hydrogen-bond donors (Lipinski definition) is 1. The Morgan fingerprint density at radius 2 is 2.11 bits per heavy atom. The molecule has 0 radical (unpaired) electrons. The molecule has 1 heterocycles. The van der Waals surface area contributed by atoms with E-state index in [1.165, 1.54) is 12.4 Å². The number of nitrogens with two attached hydrogens (primary N) is 1. The fourth-order valence-corrected chi connectivity index (χ4v) is 1.67. The van der Waals surface area contributed by atoms with Gasteiger partial charge in [-0.25, -0.2) is 9.97 Å². The predicted octanol–water partition coefficient (Wildman–Crippen LogP) is 2.10. The van der Waals surface area contributed by atoms with Crippen LogP contribution in [0.4, 0.5) is 5.82 Å². The van der Waals surface area contributed by atoms with Gasteiger partial charge in [0.15, 0.2) is 0 Å². The van der Waals surface area contributed by atoms with E-state index < -0.39 is 0 Å². The van der Waals surface area contributed by atoms with Gasteiger partial charge >= 0.3 is 0 Å². The number of aromatic nitrogens is 2. The summed E-state index contributed by atoms with van der Waals surface area (Å²) in [7, 11) is 0. The first-order valence-electron chi connectivity index (χ1n) is 6.48. The van der Waals surface area contributed by atoms with Crippen LogP contribution in [0.25, 0.3) is 0 Å². The second-order valence-corrected chi connectivity index (χ2v) is 4.44. The highest BCUT2D eigenvalue weighted by molar-refractivity contribution is 5.92. The minimum Gasteiger partial charge on any atom is -0.382 e. The van der Waals surface area contributed by atoms with E-state index in [-0.39, 0.29) is 11.9 Å². The van der Waals surface area contributed by atoms with Crippen LogP contribution in [0.5, 0.6) is 0 Å². The first kappa shape index (κ1) is 14.4. The molecular formula is C13H22N4O. The molecule has 5 nitrogen and oxygen atoms in total. The molecule has 0 aliphatic rings. The highest BCUT2D eigenvalue weighted by Gasteiger charge is 2.21. The third kappa shape index (κ3) is 3.68. The van der Waals surface area contributed by atoms with Gasteiger partial charge in [0, 0.05) is 12.6 Å². The van der Waals surface area contributed by atoms with Crippen molar-refractivity contribution in [1.29, 1.82) is 0 Å². The minimum atomic E-state index is -0.0645. The third-order valence-corrected chi connectivity index (χ3v) is 3.03. The number of amides is 1. The van der Waals surface area contributed by atoms with Crippen LogP contribution in [0.1, 0.15) is 50.5 Å². The van der Waals surface area contributed by atoms with E-state index in [9.17, 15) is 4.79 Å². The molecule has 1 rings (SSSR count). The molecule has 18 heavy (non-hydrogen) atoms. The Bertz CT molecular complexity index is 377. The lowest BCUT2D eigenvalue weighted by atomic mass is 10.2. The summed E-state index contributed by atoms with van der Waals surface area (Å²) >= 11 is 0. The van der Waals surface area contributed by atoms with Crippen molar-refractivity contribution in [2.24, 2.45) is 0 Å². The molecule has 0 aliphatic carbocycles. The zero-order chi connectivity index (χ0) is 13.5. The number of anilines is 1. The van der Waals surface area contributed by atoms with Crippen LogP contribution in [0, 0.1) is 0 Å². The average Bonchev–Trinajstić information content (AvgIpc) is 2.39. The zero-order valence-electron chi connectivity index (χ0n) is 11.4. The molecule has 0 saturated heterocycles. The van der Waals surface area contributed by atoms with Crippen LogP contribution < -0.4 is 5.73 Å². The molecule has 1 atom stereocenters. The molecule has 1 amide bonds. The van der Waals surface area contributed by atoms with Gasteiger partial charge in [-0.3, -0.25) is 4.79 Å². The fourth-order valence-electron chi connectivity index (χ4n) is 1.67. The van der Waals surface area contributed by atoms with Crippen molar-refractivity contribution < 1.29 is 4.79 Å². The van der Waals surface area contributed by atoms with Crippen molar-refractivity contribution in [3.05, 3.63) is 18.1 Å². The summed E-state index contributed by atoms with van der Waals surface area (Å²) in [5, 5.41) is 0. The largest absolute Gasteiger partial charge is 0.382 e. The SMILES string of the molecule is CCCCN(C(=O)c1cnc(N)cn1)C(C)CC. The lowest BCUT2D eigenvalue weighted by molar-refractivity contribution is 0.0679. The van der Waals surface area contributed by atoms with E-state index in [1.54, 1.807) is 0 Å². The fraction of sp³-hybridized carbons (Fsp3) is 0.615. The van der Waals surface area contributed by atoms with Crippen molar-refractivity contribution in [3.8, 4) is 0 Å². The van der Waals surface area contributed by atoms with Crippen LogP contribution in [-0.2, 0) is 0 Å². The van der Waals surface area contributed by atoms with Gasteiger partial charge in [-0.15, -0.1) is 0 Å².